The summed E-state index contributed by atoms with van der Waals surface area (Å²) in [7, 11) is 0. The van der Waals surface area contributed by atoms with E-state index >= 15 is 0 Å². The molecule has 0 saturated carbocycles. The van der Waals surface area contributed by atoms with Crippen LogP contribution in [0.25, 0.3) is 0 Å². The first kappa shape index (κ1) is 14.8. The van der Waals surface area contributed by atoms with E-state index in [1.165, 1.54) is 5.56 Å². The molecule has 1 fully saturated rings. The second-order valence-electron chi connectivity index (χ2n) is 5.59. The number of amides is 1. The molecule has 118 valence electrons. The van der Waals surface area contributed by atoms with Gasteiger partial charge in [-0.05, 0) is 12.5 Å². The van der Waals surface area contributed by atoms with Crippen molar-refractivity contribution in [2.45, 2.75) is 25.9 Å². The summed E-state index contributed by atoms with van der Waals surface area (Å²) in [5.74, 6) is 0.207. The Bertz CT molecular complexity index is 567. The molecule has 7 heteroatoms. The predicted molar refractivity (Wildman–Crippen MR) is 79.8 cm³/mol. The van der Waals surface area contributed by atoms with Gasteiger partial charge in [-0.3, -0.25) is 9.69 Å². The molecular formula is C15H21N5O2. The maximum Gasteiger partial charge on any atom is 0.224 e. The number of carbonyl (C=O) groups excluding carboxylic acids is 1. The largest absolute Gasteiger partial charge is 0.472 e. The zero-order valence-corrected chi connectivity index (χ0v) is 12.6. The van der Waals surface area contributed by atoms with Crippen molar-refractivity contribution in [1.29, 1.82) is 0 Å². The summed E-state index contributed by atoms with van der Waals surface area (Å²) in [6, 6.07) is 1.99. The van der Waals surface area contributed by atoms with Crippen molar-refractivity contribution in [1.82, 2.24) is 24.6 Å². The quantitative estimate of drug-likeness (QED) is 0.824. The van der Waals surface area contributed by atoms with Gasteiger partial charge < -0.3 is 13.9 Å². The van der Waals surface area contributed by atoms with Gasteiger partial charge in [0.05, 0.1) is 12.5 Å². The molecule has 0 aromatic carbocycles. The number of aromatic nitrogens is 3. The number of carbonyl (C=O) groups is 1. The van der Waals surface area contributed by atoms with Crippen molar-refractivity contribution >= 4 is 5.91 Å². The van der Waals surface area contributed by atoms with E-state index in [4.69, 9.17) is 4.42 Å². The van der Waals surface area contributed by atoms with Crippen LogP contribution >= 0.6 is 0 Å². The molecule has 0 radical (unpaired) electrons. The molecule has 1 amide bonds. The van der Waals surface area contributed by atoms with Crippen molar-refractivity contribution < 1.29 is 9.21 Å². The molecule has 0 unspecified atom stereocenters. The minimum Gasteiger partial charge on any atom is -0.472 e. The van der Waals surface area contributed by atoms with Crippen molar-refractivity contribution in [2.24, 2.45) is 0 Å². The van der Waals surface area contributed by atoms with Crippen LogP contribution in [0.2, 0.25) is 0 Å². The second kappa shape index (κ2) is 7.22. The number of nitrogens with zero attached hydrogens (tertiary/aromatic N) is 5. The van der Waals surface area contributed by atoms with Gasteiger partial charge >= 0.3 is 0 Å². The highest BCUT2D eigenvalue weighted by Gasteiger charge is 2.19. The summed E-state index contributed by atoms with van der Waals surface area (Å²) >= 11 is 0. The number of hydrogen-bond acceptors (Lipinski definition) is 5. The zero-order chi connectivity index (χ0) is 15.2. The Balaban J connectivity index is 1.46. The molecule has 7 nitrogen and oxygen atoms in total. The van der Waals surface area contributed by atoms with Gasteiger partial charge in [0.2, 0.25) is 5.91 Å². The van der Waals surface area contributed by atoms with Crippen LogP contribution in [-0.2, 0) is 17.9 Å². The standard InChI is InChI=1S/C15H21N5O2/c21-15(2-6-19-12-16-17-13-19)20-5-1-4-18(7-8-20)10-14-3-9-22-11-14/h3,9,11-13H,1-2,4-8,10H2. The average Bonchev–Trinajstić information content (AvgIpc) is 3.16. The molecule has 3 heterocycles. The Labute approximate surface area is 129 Å². The highest BCUT2D eigenvalue weighted by molar-refractivity contribution is 5.76. The molecular weight excluding hydrogens is 282 g/mol. The van der Waals surface area contributed by atoms with Crippen molar-refractivity contribution in [2.75, 3.05) is 26.2 Å². The third-order valence-corrected chi connectivity index (χ3v) is 3.98. The van der Waals surface area contributed by atoms with Gasteiger partial charge in [-0.15, -0.1) is 10.2 Å². The van der Waals surface area contributed by atoms with E-state index < -0.39 is 0 Å². The van der Waals surface area contributed by atoms with Crippen LogP contribution in [0.3, 0.4) is 0 Å². The summed E-state index contributed by atoms with van der Waals surface area (Å²) < 4.78 is 6.94. The molecule has 2 aromatic heterocycles. The topological polar surface area (TPSA) is 67.4 Å². The van der Waals surface area contributed by atoms with E-state index in [2.05, 4.69) is 15.1 Å². The Morgan fingerprint density at radius 1 is 1.18 bits per heavy atom. The van der Waals surface area contributed by atoms with Crippen LogP contribution in [0.15, 0.2) is 35.7 Å². The smallest absolute Gasteiger partial charge is 0.224 e. The first-order valence-electron chi connectivity index (χ1n) is 7.65. The van der Waals surface area contributed by atoms with E-state index in [0.717, 1.165) is 39.1 Å². The minimum atomic E-state index is 0.207. The molecule has 22 heavy (non-hydrogen) atoms. The van der Waals surface area contributed by atoms with Gasteiger partial charge in [-0.1, -0.05) is 0 Å². The zero-order valence-electron chi connectivity index (χ0n) is 12.6. The van der Waals surface area contributed by atoms with Crippen LogP contribution in [0.1, 0.15) is 18.4 Å². The molecule has 0 N–H and O–H groups in total. The van der Waals surface area contributed by atoms with Gasteiger partial charge in [0.25, 0.3) is 0 Å². The van der Waals surface area contributed by atoms with Crippen LogP contribution in [0.5, 0.6) is 0 Å². The third kappa shape index (κ3) is 3.94. The maximum atomic E-state index is 12.3. The van der Waals surface area contributed by atoms with E-state index in [1.54, 1.807) is 25.2 Å². The Morgan fingerprint density at radius 3 is 2.82 bits per heavy atom. The molecule has 0 atom stereocenters. The lowest BCUT2D eigenvalue weighted by Gasteiger charge is -2.21. The predicted octanol–water partition coefficient (Wildman–Crippen LogP) is 0.996. The summed E-state index contributed by atoms with van der Waals surface area (Å²) in [5, 5.41) is 7.49. The Morgan fingerprint density at radius 2 is 2.05 bits per heavy atom. The fourth-order valence-corrected chi connectivity index (χ4v) is 2.74. The van der Waals surface area contributed by atoms with Crippen LogP contribution in [-0.4, -0.2) is 56.7 Å². The summed E-state index contributed by atoms with van der Waals surface area (Å²) in [4.78, 5) is 16.7. The summed E-state index contributed by atoms with van der Waals surface area (Å²) in [6.07, 6.45) is 8.28. The summed E-state index contributed by atoms with van der Waals surface area (Å²) in [5.41, 5.74) is 1.19. The van der Waals surface area contributed by atoms with Crippen molar-refractivity contribution in [3.05, 3.63) is 36.8 Å². The van der Waals surface area contributed by atoms with Gasteiger partial charge in [-0.2, -0.15) is 0 Å². The maximum absolute atomic E-state index is 12.3. The monoisotopic (exact) mass is 303 g/mol. The molecule has 1 aliphatic rings. The molecule has 2 aromatic rings. The minimum absolute atomic E-state index is 0.207. The number of aryl methyl sites for hydroxylation is 1. The normalized spacial score (nSPS) is 16.6. The van der Waals surface area contributed by atoms with Crippen LogP contribution < -0.4 is 0 Å². The fourth-order valence-electron chi connectivity index (χ4n) is 2.74. The lowest BCUT2D eigenvalue weighted by atomic mass is 10.3. The van der Waals surface area contributed by atoms with Crippen LogP contribution in [0.4, 0.5) is 0 Å². The molecule has 3 rings (SSSR count). The van der Waals surface area contributed by atoms with Crippen molar-refractivity contribution in [3.63, 3.8) is 0 Å². The average molecular weight is 303 g/mol. The molecule has 0 aliphatic carbocycles. The number of hydrogen-bond donors (Lipinski definition) is 0. The first-order valence-corrected chi connectivity index (χ1v) is 7.65. The lowest BCUT2D eigenvalue weighted by Crippen LogP contribution is -2.35. The SMILES string of the molecule is O=C(CCn1cnnc1)N1CCCN(Cc2ccoc2)CC1. The lowest BCUT2D eigenvalue weighted by molar-refractivity contribution is -0.131. The summed E-state index contributed by atoms with van der Waals surface area (Å²) in [6.45, 7) is 5.08. The Hall–Kier alpha value is -2.15. The van der Waals surface area contributed by atoms with E-state index in [9.17, 15) is 4.79 Å². The van der Waals surface area contributed by atoms with E-state index in [0.29, 0.717) is 13.0 Å². The van der Waals surface area contributed by atoms with E-state index in [1.807, 2.05) is 15.5 Å². The Kier molecular flexibility index (Phi) is 4.85. The first-order chi connectivity index (χ1) is 10.8. The van der Waals surface area contributed by atoms with Gasteiger partial charge in [0.15, 0.2) is 0 Å². The number of rotatable bonds is 5. The van der Waals surface area contributed by atoms with Gasteiger partial charge in [0.1, 0.15) is 12.7 Å². The molecule has 0 bridgehead atoms. The highest BCUT2D eigenvalue weighted by Crippen LogP contribution is 2.10. The van der Waals surface area contributed by atoms with E-state index in [-0.39, 0.29) is 5.91 Å². The third-order valence-electron chi connectivity index (χ3n) is 3.98. The van der Waals surface area contributed by atoms with Crippen LogP contribution in [0, 0.1) is 0 Å². The molecule has 1 aliphatic heterocycles. The second-order valence-corrected chi connectivity index (χ2v) is 5.59. The van der Waals surface area contributed by atoms with Gasteiger partial charge in [-0.25, -0.2) is 0 Å². The molecule has 0 spiro atoms. The number of furan rings is 1. The molecule has 1 saturated heterocycles. The van der Waals surface area contributed by atoms with Gasteiger partial charge in [0, 0.05) is 51.3 Å². The highest BCUT2D eigenvalue weighted by atomic mass is 16.3. The van der Waals surface area contributed by atoms with Crippen molar-refractivity contribution in [3.8, 4) is 0 Å². The fraction of sp³-hybridized carbons (Fsp3) is 0.533.